The van der Waals surface area contributed by atoms with Crippen molar-refractivity contribution in [1.82, 2.24) is 9.97 Å². The number of sulfonamides is 1. The molecule has 2 aromatic rings. The molecule has 0 saturated heterocycles. The van der Waals surface area contributed by atoms with Crippen molar-refractivity contribution in [1.29, 1.82) is 0 Å². The lowest BCUT2D eigenvalue weighted by Crippen LogP contribution is -2.14. The van der Waals surface area contributed by atoms with Crippen LogP contribution in [0.2, 0.25) is 0 Å². The van der Waals surface area contributed by atoms with E-state index >= 15 is 0 Å². The van der Waals surface area contributed by atoms with Crippen molar-refractivity contribution >= 4 is 15.8 Å². The van der Waals surface area contributed by atoms with Gasteiger partial charge in [0.25, 0.3) is 10.0 Å². The van der Waals surface area contributed by atoms with Gasteiger partial charge >= 0.3 is 0 Å². The van der Waals surface area contributed by atoms with Gasteiger partial charge in [-0.15, -0.1) is 0 Å². The molecule has 0 aliphatic heterocycles. The molecule has 21 heavy (non-hydrogen) atoms. The van der Waals surface area contributed by atoms with Crippen LogP contribution in [0.15, 0.2) is 41.7 Å². The first kappa shape index (κ1) is 14.9. The second kappa shape index (κ2) is 6.30. The lowest BCUT2D eigenvalue weighted by molar-refractivity contribution is 0.592. The summed E-state index contributed by atoms with van der Waals surface area (Å²) in [4.78, 5) is 7.09. The van der Waals surface area contributed by atoms with Crippen molar-refractivity contribution in [3.63, 3.8) is 0 Å². The predicted molar refractivity (Wildman–Crippen MR) is 75.2 cm³/mol. The molecule has 0 amide bonds. The van der Waals surface area contributed by atoms with E-state index in [2.05, 4.69) is 26.5 Å². The quantitative estimate of drug-likeness (QED) is 0.815. The topological polar surface area (TPSA) is 98.0 Å². The summed E-state index contributed by atoms with van der Waals surface area (Å²) >= 11 is 0. The van der Waals surface area contributed by atoms with Crippen LogP contribution >= 0.6 is 0 Å². The number of halogens is 1. The van der Waals surface area contributed by atoms with Crippen molar-refractivity contribution in [2.75, 3.05) is 11.3 Å². The summed E-state index contributed by atoms with van der Waals surface area (Å²) in [6.45, 7) is 0.193. The van der Waals surface area contributed by atoms with E-state index in [9.17, 15) is 12.8 Å². The van der Waals surface area contributed by atoms with E-state index < -0.39 is 15.8 Å². The summed E-state index contributed by atoms with van der Waals surface area (Å²) in [6, 6.07) is 3.94. The molecule has 0 bridgehead atoms. The Bertz CT molecular complexity index is 812. The number of hydrogen-bond donors (Lipinski definition) is 2. The average Bonchev–Trinajstić information content (AvgIpc) is 2.45. The Hall–Kier alpha value is -2.50. The van der Waals surface area contributed by atoms with E-state index in [-0.39, 0.29) is 17.3 Å². The highest BCUT2D eigenvalue weighted by Crippen LogP contribution is 2.14. The molecular formula is C13H11FN4O2S. The lowest BCUT2D eigenvalue weighted by Gasteiger charge is -2.07. The largest absolute Gasteiger partial charge is 0.320 e. The molecule has 0 aromatic carbocycles. The monoisotopic (exact) mass is 306 g/mol. The molecule has 2 aromatic heterocycles. The highest BCUT2D eigenvalue weighted by molar-refractivity contribution is 7.92. The van der Waals surface area contributed by atoms with E-state index in [0.29, 0.717) is 5.56 Å². The van der Waals surface area contributed by atoms with Crippen molar-refractivity contribution in [3.05, 3.63) is 48.2 Å². The van der Waals surface area contributed by atoms with E-state index in [1.54, 1.807) is 6.07 Å². The zero-order chi connectivity index (χ0) is 15.3. The number of anilines is 1. The van der Waals surface area contributed by atoms with Crippen molar-refractivity contribution in [3.8, 4) is 11.8 Å². The van der Waals surface area contributed by atoms with Gasteiger partial charge in [-0.1, -0.05) is 11.8 Å². The molecule has 0 aliphatic rings. The van der Waals surface area contributed by atoms with Gasteiger partial charge in [0.2, 0.25) is 0 Å². The summed E-state index contributed by atoms with van der Waals surface area (Å²) in [7, 11) is -3.96. The van der Waals surface area contributed by atoms with Crippen LogP contribution < -0.4 is 10.5 Å². The maximum atomic E-state index is 13.0. The van der Waals surface area contributed by atoms with E-state index in [0.717, 1.165) is 18.5 Å². The third-order valence-corrected chi connectivity index (χ3v) is 3.65. The van der Waals surface area contributed by atoms with Crippen LogP contribution in [0.1, 0.15) is 5.56 Å². The third-order valence-electron chi connectivity index (χ3n) is 2.32. The highest BCUT2D eigenvalue weighted by Gasteiger charge is 2.16. The van der Waals surface area contributed by atoms with Gasteiger partial charge in [0.1, 0.15) is 16.5 Å². The molecule has 6 nitrogen and oxygen atoms in total. The van der Waals surface area contributed by atoms with Crippen LogP contribution in [0.5, 0.6) is 0 Å². The van der Waals surface area contributed by atoms with Crippen LogP contribution in [0.4, 0.5) is 10.2 Å². The van der Waals surface area contributed by atoms with Crippen LogP contribution in [0, 0.1) is 17.7 Å². The zero-order valence-corrected chi connectivity index (χ0v) is 11.6. The van der Waals surface area contributed by atoms with Crippen LogP contribution in [0.25, 0.3) is 0 Å². The number of aromatic nitrogens is 2. The summed E-state index contributed by atoms with van der Waals surface area (Å²) in [5.74, 6) is 4.73. The molecule has 0 unspecified atom stereocenters. The first-order valence-corrected chi connectivity index (χ1v) is 7.28. The molecule has 0 atom stereocenters. The van der Waals surface area contributed by atoms with Gasteiger partial charge in [-0.3, -0.25) is 9.71 Å². The third kappa shape index (κ3) is 3.98. The Morgan fingerprint density at radius 3 is 2.86 bits per heavy atom. The number of nitrogens with one attached hydrogen (secondary N) is 1. The van der Waals surface area contributed by atoms with Gasteiger partial charge in [0.15, 0.2) is 0 Å². The number of nitrogens with zero attached hydrogens (tertiary/aromatic N) is 2. The second-order valence-corrected chi connectivity index (χ2v) is 5.56. The number of rotatable bonds is 3. The van der Waals surface area contributed by atoms with Crippen LogP contribution in [0.3, 0.4) is 0 Å². The maximum absolute atomic E-state index is 13.0. The molecule has 8 heteroatoms. The number of pyridine rings is 2. The van der Waals surface area contributed by atoms with E-state index in [1.165, 1.54) is 12.3 Å². The van der Waals surface area contributed by atoms with Gasteiger partial charge in [-0.25, -0.2) is 17.8 Å². The van der Waals surface area contributed by atoms with Gasteiger partial charge in [-0.2, -0.15) is 0 Å². The smallest absolute Gasteiger partial charge is 0.264 e. The average molecular weight is 306 g/mol. The van der Waals surface area contributed by atoms with Gasteiger partial charge in [0.05, 0.1) is 12.7 Å². The van der Waals surface area contributed by atoms with Crippen LogP contribution in [-0.4, -0.2) is 24.9 Å². The Morgan fingerprint density at radius 2 is 2.14 bits per heavy atom. The van der Waals surface area contributed by atoms with E-state index in [4.69, 9.17) is 5.73 Å². The number of nitrogens with two attached hydrogens (primary N) is 1. The molecule has 2 rings (SSSR count). The summed E-state index contributed by atoms with van der Waals surface area (Å²) in [5, 5.41) is 0. The van der Waals surface area contributed by atoms with Crippen molar-refractivity contribution in [2.24, 2.45) is 5.73 Å². The molecule has 3 N–H and O–H groups in total. The van der Waals surface area contributed by atoms with Crippen molar-refractivity contribution in [2.45, 2.75) is 4.90 Å². The summed E-state index contributed by atoms with van der Waals surface area (Å²) in [5.41, 5.74) is 5.82. The lowest BCUT2D eigenvalue weighted by atomic mass is 10.2. The molecule has 0 aliphatic carbocycles. The summed E-state index contributed by atoms with van der Waals surface area (Å²) < 4.78 is 39.4. The first-order chi connectivity index (χ1) is 10.0. The Balaban J connectivity index is 2.29. The predicted octanol–water partition coefficient (Wildman–Crippen LogP) is 0.727. The first-order valence-electron chi connectivity index (χ1n) is 5.79. The highest BCUT2D eigenvalue weighted by atomic mass is 32.2. The fourth-order valence-corrected chi connectivity index (χ4v) is 2.43. The fraction of sp³-hybridized carbons (Fsp3) is 0.0769. The van der Waals surface area contributed by atoms with E-state index in [1.807, 2.05) is 0 Å². The van der Waals surface area contributed by atoms with Crippen molar-refractivity contribution < 1.29 is 12.8 Å². The fourth-order valence-electron chi connectivity index (χ4n) is 1.45. The molecule has 108 valence electrons. The Labute approximate surface area is 121 Å². The molecule has 0 radical (unpaired) electrons. The Kier molecular flexibility index (Phi) is 4.47. The van der Waals surface area contributed by atoms with Gasteiger partial charge in [0, 0.05) is 18.0 Å². The standard InChI is InChI=1S/C13H11FN4O2S/c14-11-7-12(9-16-8-11)21(19,20)18-13-6-10(2-1-4-15)3-5-17-13/h3,5-9H,4,15H2,(H,17,18). The minimum absolute atomic E-state index is 0.0723. The molecule has 2 heterocycles. The second-order valence-electron chi connectivity index (χ2n) is 3.88. The summed E-state index contributed by atoms with van der Waals surface area (Å²) in [6.07, 6.45) is 3.37. The SMILES string of the molecule is NCC#Cc1ccnc(NS(=O)(=O)c2cncc(F)c2)c1. The van der Waals surface area contributed by atoms with Gasteiger partial charge < -0.3 is 5.73 Å². The molecule has 0 fully saturated rings. The number of hydrogen-bond acceptors (Lipinski definition) is 5. The van der Waals surface area contributed by atoms with Gasteiger partial charge in [-0.05, 0) is 18.2 Å². The molecular weight excluding hydrogens is 295 g/mol. The molecule has 0 spiro atoms. The normalized spacial score (nSPS) is 10.6. The minimum Gasteiger partial charge on any atom is -0.320 e. The maximum Gasteiger partial charge on any atom is 0.264 e. The molecule has 0 saturated carbocycles. The van der Waals surface area contributed by atoms with Crippen LogP contribution in [-0.2, 0) is 10.0 Å². The Morgan fingerprint density at radius 1 is 1.33 bits per heavy atom. The zero-order valence-electron chi connectivity index (χ0n) is 10.7. The minimum atomic E-state index is -3.96.